The lowest BCUT2D eigenvalue weighted by molar-refractivity contribution is -0.886. The number of H-pyrrole nitrogens is 1. The van der Waals surface area contributed by atoms with Gasteiger partial charge in [0.25, 0.3) is 0 Å². The second kappa shape index (κ2) is 5.78. The van der Waals surface area contributed by atoms with E-state index < -0.39 is 0 Å². The molecule has 0 fully saturated rings. The van der Waals surface area contributed by atoms with Gasteiger partial charge in [0, 0.05) is 29.5 Å². The first-order chi connectivity index (χ1) is 11.2. The molecule has 2 atom stereocenters. The minimum atomic E-state index is 0.485. The fraction of sp³-hybridized carbons (Fsp3) is 0.389. The van der Waals surface area contributed by atoms with Gasteiger partial charge < -0.3 is 5.73 Å². The molecule has 120 valence electrons. The van der Waals surface area contributed by atoms with Gasteiger partial charge >= 0.3 is 0 Å². The Hall–Kier alpha value is -1.62. The third-order valence-electron chi connectivity index (χ3n) is 5.21. The number of hydrogen-bond acceptors (Lipinski definition) is 2. The van der Waals surface area contributed by atoms with Crippen LogP contribution >= 0.6 is 11.6 Å². The molecule has 4 rings (SSSR count). The normalized spacial score (nSPS) is 22.8. The van der Waals surface area contributed by atoms with E-state index in [0.717, 1.165) is 47.4 Å². The number of aromatic amines is 1. The van der Waals surface area contributed by atoms with Crippen LogP contribution in [0.2, 0.25) is 5.02 Å². The summed E-state index contributed by atoms with van der Waals surface area (Å²) >= 11 is 6.12. The standard InChI is InChI=1S/C18H20ClN3O/c19-13-1-2-14-15(9-13)22-16-8-11-5-10(3-4-21-23)6-12(7-11)17(16)18(14)20/h1-2,5,9,11-12,21,23H,3-4,6-8H2,(H2,20,22)/p+2. The van der Waals surface area contributed by atoms with E-state index in [2.05, 4.69) is 11.1 Å². The average molecular weight is 332 g/mol. The topological polar surface area (TPSA) is 77.0 Å². The molecule has 0 spiro atoms. The zero-order valence-corrected chi connectivity index (χ0v) is 13.7. The molecule has 0 saturated heterocycles. The lowest BCUT2D eigenvalue weighted by Gasteiger charge is -2.33. The first-order valence-corrected chi connectivity index (χ1v) is 8.61. The number of fused-ring (bicyclic) bond motifs is 5. The molecular formula is C18H22ClN3O+2. The summed E-state index contributed by atoms with van der Waals surface area (Å²) in [5.41, 5.74) is 13.8. The number of pyridine rings is 1. The number of nitrogen functional groups attached to an aromatic ring is 1. The fourth-order valence-corrected chi connectivity index (χ4v) is 4.49. The van der Waals surface area contributed by atoms with Crippen molar-refractivity contribution in [3.05, 3.63) is 46.1 Å². The first kappa shape index (κ1) is 14.9. The Morgan fingerprint density at radius 1 is 1.35 bits per heavy atom. The number of anilines is 1. The highest BCUT2D eigenvalue weighted by Gasteiger charge is 2.36. The SMILES string of the molecule is Nc1c2c([nH+]c3cc(Cl)ccc13)CC1C=C(CC[NH2+]O)CC2C1. The molecule has 1 aromatic carbocycles. The summed E-state index contributed by atoms with van der Waals surface area (Å²) in [6, 6.07) is 5.86. The molecule has 6 N–H and O–H groups in total. The van der Waals surface area contributed by atoms with Gasteiger partial charge in [0.1, 0.15) is 6.54 Å². The summed E-state index contributed by atoms with van der Waals surface area (Å²) in [4.78, 5) is 3.58. The summed E-state index contributed by atoms with van der Waals surface area (Å²) in [5, 5.41) is 10.7. The van der Waals surface area contributed by atoms with Gasteiger partial charge in [-0.15, -0.1) is 0 Å². The van der Waals surface area contributed by atoms with Crippen molar-refractivity contribution < 1.29 is 15.7 Å². The zero-order chi connectivity index (χ0) is 16.0. The maximum absolute atomic E-state index is 8.95. The predicted octanol–water partition coefficient (Wildman–Crippen LogP) is 2.21. The minimum absolute atomic E-state index is 0.485. The Kier molecular flexibility index (Phi) is 3.76. The molecule has 1 heterocycles. The molecule has 0 saturated carbocycles. The molecule has 1 aromatic heterocycles. The smallest absolute Gasteiger partial charge is 0.214 e. The van der Waals surface area contributed by atoms with Crippen molar-refractivity contribution >= 4 is 28.2 Å². The van der Waals surface area contributed by atoms with E-state index in [9.17, 15) is 0 Å². The molecule has 0 amide bonds. The number of hydrogen-bond donors (Lipinski definition) is 3. The van der Waals surface area contributed by atoms with Crippen LogP contribution < -0.4 is 16.2 Å². The van der Waals surface area contributed by atoms with E-state index in [1.54, 1.807) is 0 Å². The van der Waals surface area contributed by atoms with Gasteiger partial charge in [-0.1, -0.05) is 23.3 Å². The van der Waals surface area contributed by atoms with Crippen molar-refractivity contribution in [1.29, 1.82) is 0 Å². The third-order valence-corrected chi connectivity index (χ3v) is 5.44. The summed E-state index contributed by atoms with van der Waals surface area (Å²) in [7, 11) is 0. The average Bonchev–Trinajstić information content (AvgIpc) is 2.52. The van der Waals surface area contributed by atoms with E-state index in [1.807, 2.05) is 18.2 Å². The first-order valence-electron chi connectivity index (χ1n) is 8.24. The molecule has 2 bridgehead atoms. The van der Waals surface area contributed by atoms with Crippen LogP contribution in [0, 0.1) is 5.92 Å². The van der Waals surface area contributed by atoms with E-state index in [4.69, 9.17) is 22.5 Å². The second-order valence-electron chi connectivity index (χ2n) is 6.77. The van der Waals surface area contributed by atoms with Crippen molar-refractivity contribution in [3.8, 4) is 0 Å². The molecular weight excluding hydrogens is 310 g/mol. The van der Waals surface area contributed by atoms with E-state index >= 15 is 0 Å². The van der Waals surface area contributed by atoms with Crippen LogP contribution in [0.5, 0.6) is 0 Å². The largest absolute Gasteiger partial charge is 0.398 e. The van der Waals surface area contributed by atoms with Crippen LogP contribution in [0.25, 0.3) is 10.9 Å². The van der Waals surface area contributed by atoms with Gasteiger partial charge in [0.2, 0.25) is 5.52 Å². The summed E-state index contributed by atoms with van der Waals surface area (Å²) in [6.07, 6.45) is 6.59. The van der Waals surface area contributed by atoms with Crippen molar-refractivity contribution in [2.45, 2.75) is 31.6 Å². The Bertz CT molecular complexity index is 802. The van der Waals surface area contributed by atoms with Gasteiger partial charge in [-0.05, 0) is 36.8 Å². The number of halogens is 1. The second-order valence-corrected chi connectivity index (χ2v) is 7.20. The monoisotopic (exact) mass is 331 g/mol. The Labute approximate surface area is 140 Å². The van der Waals surface area contributed by atoms with E-state index in [-0.39, 0.29) is 0 Å². The molecule has 0 aliphatic heterocycles. The van der Waals surface area contributed by atoms with Gasteiger partial charge in [-0.25, -0.2) is 15.7 Å². The summed E-state index contributed by atoms with van der Waals surface area (Å²) < 4.78 is 0. The van der Waals surface area contributed by atoms with Crippen molar-refractivity contribution in [3.63, 3.8) is 0 Å². The zero-order valence-electron chi connectivity index (χ0n) is 13.0. The molecule has 2 unspecified atom stereocenters. The highest BCUT2D eigenvalue weighted by atomic mass is 35.5. The minimum Gasteiger partial charge on any atom is -0.398 e. The van der Waals surface area contributed by atoms with Crippen molar-refractivity contribution in [2.75, 3.05) is 12.3 Å². The van der Waals surface area contributed by atoms with Gasteiger partial charge in [-0.2, -0.15) is 0 Å². The molecule has 4 nitrogen and oxygen atoms in total. The van der Waals surface area contributed by atoms with Crippen molar-refractivity contribution in [2.24, 2.45) is 5.92 Å². The van der Waals surface area contributed by atoms with Crippen molar-refractivity contribution in [1.82, 2.24) is 0 Å². The number of hydroxylamine groups is 1. The molecule has 5 heteroatoms. The molecule has 2 aliphatic carbocycles. The molecule has 2 aliphatic rings. The molecule has 2 aromatic rings. The summed E-state index contributed by atoms with van der Waals surface area (Å²) in [6.45, 7) is 0.732. The van der Waals surface area contributed by atoms with Crippen LogP contribution in [0.3, 0.4) is 0 Å². The number of nitrogens with one attached hydrogen (secondary N) is 1. The number of aromatic nitrogens is 1. The van der Waals surface area contributed by atoms with Crippen LogP contribution in [0.15, 0.2) is 29.8 Å². The van der Waals surface area contributed by atoms with Crippen LogP contribution in [0.1, 0.15) is 36.4 Å². The lowest BCUT2D eigenvalue weighted by Crippen LogP contribution is -2.80. The van der Waals surface area contributed by atoms with Gasteiger partial charge in [-0.3, -0.25) is 0 Å². The number of benzene rings is 1. The number of nitrogens with two attached hydrogens (primary N) is 2. The highest BCUT2D eigenvalue weighted by Crippen LogP contribution is 2.46. The predicted molar refractivity (Wildman–Crippen MR) is 90.4 cm³/mol. The Balaban J connectivity index is 1.77. The quantitative estimate of drug-likeness (QED) is 0.595. The molecule has 0 radical (unpaired) electrons. The maximum atomic E-state index is 8.95. The fourth-order valence-electron chi connectivity index (χ4n) is 4.31. The number of quaternary nitrogens is 1. The lowest BCUT2D eigenvalue weighted by atomic mass is 9.70. The third kappa shape index (κ3) is 2.61. The maximum Gasteiger partial charge on any atom is 0.214 e. The van der Waals surface area contributed by atoms with Crippen LogP contribution in [-0.4, -0.2) is 11.8 Å². The Morgan fingerprint density at radius 3 is 3.04 bits per heavy atom. The van der Waals surface area contributed by atoms with E-state index in [1.165, 1.54) is 28.7 Å². The molecule has 23 heavy (non-hydrogen) atoms. The highest BCUT2D eigenvalue weighted by molar-refractivity contribution is 6.31. The van der Waals surface area contributed by atoms with Gasteiger partial charge in [0.15, 0.2) is 5.69 Å². The van der Waals surface area contributed by atoms with Crippen LogP contribution in [0.4, 0.5) is 5.69 Å². The van der Waals surface area contributed by atoms with Gasteiger partial charge in [0.05, 0.1) is 11.1 Å². The summed E-state index contributed by atoms with van der Waals surface area (Å²) in [5.74, 6) is 1.06. The number of allylic oxidation sites excluding steroid dienone is 1. The number of rotatable bonds is 3. The van der Waals surface area contributed by atoms with E-state index in [0.29, 0.717) is 11.8 Å². The van der Waals surface area contributed by atoms with Crippen LogP contribution in [-0.2, 0) is 6.42 Å². The Morgan fingerprint density at radius 2 is 2.22 bits per heavy atom.